The number of guanidine groups is 1. The smallest absolute Gasteiger partial charge is 0.412 e. The number of unbranched alkanes of at least 4 members (excludes halogenated alkanes) is 1. The first-order valence-electron chi connectivity index (χ1n) is 11.0. The number of ether oxygens (including phenoxy) is 3. The van der Waals surface area contributed by atoms with E-state index in [0.717, 1.165) is 51.5 Å². The van der Waals surface area contributed by atoms with E-state index in [1.165, 1.54) is 5.56 Å². The van der Waals surface area contributed by atoms with Gasteiger partial charge in [-0.3, -0.25) is 10.3 Å². The topological polar surface area (TPSA) is 93.2 Å². The summed E-state index contributed by atoms with van der Waals surface area (Å²) in [6.07, 6.45) is 2.37. The lowest BCUT2D eigenvalue weighted by Gasteiger charge is -2.19. The Labute approximate surface area is 210 Å². The van der Waals surface area contributed by atoms with E-state index in [0.29, 0.717) is 18.9 Å². The van der Waals surface area contributed by atoms with Gasteiger partial charge in [-0.25, -0.2) is 4.79 Å². The average molecular weight is 565 g/mol. The van der Waals surface area contributed by atoms with Crippen LogP contribution in [-0.4, -0.2) is 64.2 Å². The van der Waals surface area contributed by atoms with E-state index in [4.69, 9.17) is 14.2 Å². The highest BCUT2D eigenvalue weighted by Gasteiger charge is 2.16. The van der Waals surface area contributed by atoms with Crippen molar-refractivity contribution < 1.29 is 19.0 Å². The number of anilines is 1. The summed E-state index contributed by atoms with van der Waals surface area (Å²) in [6, 6.07) is 7.77. The minimum atomic E-state index is -0.515. The zero-order chi connectivity index (χ0) is 23.0. The third-order valence-electron chi connectivity index (χ3n) is 4.05. The van der Waals surface area contributed by atoms with Crippen LogP contribution >= 0.6 is 24.0 Å². The normalized spacial score (nSPS) is 11.5. The SMILES string of the molecule is CCNC(=NCCCCOCCOC)NCCc1ccc(NC(=O)OC(C)(C)C)cc1.I. The van der Waals surface area contributed by atoms with Gasteiger partial charge in [-0.1, -0.05) is 12.1 Å². The molecule has 0 unspecified atom stereocenters. The van der Waals surface area contributed by atoms with Gasteiger partial charge in [0.2, 0.25) is 0 Å². The maximum atomic E-state index is 11.8. The molecule has 0 fully saturated rings. The summed E-state index contributed by atoms with van der Waals surface area (Å²) in [5, 5.41) is 9.37. The Morgan fingerprint density at radius 1 is 1.03 bits per heavy atom. The van der Waals surface area contributed by atoms with Crippen molar-refractivity contribution in [2.45, 2.75) is 52.6 Å². The molecule has 0 spiro atoms. The van der Waals surface area contributed by atoms with Crippen molar-refractivity contribution in [3.05, 3.63) is 29.8 Å². The van der Waals surface area contributed by atoms with Crippen molar-refractivity contribution in [3.63, 3.8) is 0 Å². The average Bonchev–Trinajstić information content (AvgIpc) is 2.70. The molecule has 9 heteroatoms. The Balaban J connectivity index is 0.00000961. The Hall–Kier alpha value is -1.59. The first-order chi connectivity index (χ1) is 14.8. The van der Waals surface area contributed by atoms with E-state index < -0.39 is 11.7 Å². The van der Waals surface area contributed by atoms with Crippen molar-refractivity contribution in [3.8, 4) is 0 Å². The fourth-order valence-corrected chi connectivity index (χ4v) is 2.59. The molecule has 3 N–H and O–H groups in total. The van der Waals surface area contributed by atoms with Crippen molar-refractivity contribution in [1.29, 1.82) is 0 Å². The summed E-state index contributed by atoms with van der Waals surface area (Å²) >= 11 is 0. The highest BCUT2D eigenvalue weighted by Crippen LogP contribution is 2.13. The van der Waals surface area contributed by atoms with Crippen molar-refractivity contribution in [2.75, 3.05) is 51.9 Å². The van der Waals surface area contributed by atoms with Crippen LogP contribution in [0.4, 0.5) is 10.5 Å². The largest absolute Gasteiger partial charge is 0.444 e. The lowest BCUT2D eigenvalue weighted by Crippen LogP contribution is -2.38. The van der Waals surface area contributed by atoms with E-state index in [2.05, 4.69) is 27.9 Å². The molecule has 32 heavy (non-hydrogen) atoms. The lowest BCUT2D eigenvalue weighted by atomic mass is 10.1. The molecule has 8 nitrogen and oxygen atoms in total. The number of rotatable bonds is 13. The van der Waals surface area contributed by atoms with Gasteiger partial charge < -0.3 is 24.8 Å². The highest BCUT2D eigenvalue weighted by atomic mass is 127. The van der Waals surface area contributed by atoms with E-state index >= 15 is 0 Å². The monoisotopic (exact) mass is 564 g/mol. The van der Waals surface area contributed by atoms with E-state index in [-0.39, 0.29) is 24.0 Å². The highest BCUT2D eigenvalue weighted by molar-refractivity contribution is 14.0. The fraction of sp³-hybridized carbons (Fsp3) is 0.652. The third-order valence-corrected chi connectivity index (χ3v) is 4.05. The number of methoxy groups -OCH3 is 1. The second-order valence-electron chi connectivity index (χ2n) is 8.07. The number of hydrogen-bond donors (Lipinski definition) is 3. The molecule has 0 saturated carbocycles. The first kappa shape index (κ1) is 30.4. The Morgan fingerprint density at radius 3 is 2.38 bits per heavy atom. The summed E-state index contributed by atoms with van der Waals surface area (Å²) < 4.78 is 15.7. The Kier molecular flexibility index (Phi) is 17.0. The molecule has 0 aliphatic rings. The molecule has 1 aromatic rings. The number of aliphatic imine (C=N–C) groups is 1. The minimum Gasteiger partial charge on any atom is -0.444 e. The van der Waals surface area contributed by atoms with E-state index in [1.807, 2.05) is 45.0 Å². The van der Waals surface area contributed by atoms with Gasteiger partial charge in [-0.05, 0) is 64.7 Å². The fourth-order valence-electron chi connectivity index (χ4n) is 2.59. The van der Waals surface area contributed by atoms with Crippen LogP contribution in [0.5, 0.6) is 0 Å². The second kappa shape index (κ2) is 17.9. The molecule has 0 aliphatic carbocycles. The zero-order valence-corrected chi connectivity index (χ0v) is 22.5. The summed E-state index contributed by atoms with van der Waals surface area (Å²) in [5.74, 6) is 0.825. The maximum Gasteiger partial charge on any atom is 0.412 e. The molecular formula is C23H41IN4O4. The quantitative estimate of drug-likeness (QED) is 0.144. The number of nitrogens with zero attached hydrogens (tertiary/aromatic N) is 1. The van der Waals surface area contributed by atoms with Crippen LogP contribution in [0.2, 0.25) is 0 Å². The number of amides is 1. The minimum absolute atomic E-state index is 0. The molecule has 1 aromatic carbocycles. The number of carbonyl (C=O) groups excluding carboxylic acids is 1. The Bertz CT molecular complexity index is 648. The van der Waals surface area contributed by atoms with Gasteiger partial charge in [-0.15, -0.1) is 24.0 Å². The van der Waals surface area contributed by atoms with Gasteiger partial charge in [0.1, 0.15) is 5.60 Å². The molecule has 0 atom stereocenters. The van der Waals surface area contributed by atoms with Crippen LogP contribution in [0.3, 0.4) is 0 Å². The summed E-state index contributed by atoms with van der Waals surface area (Å²) in [6.45, 7) is 11.9. The van der Waals surface area contributed by atoms with Crippen LogP contribution in [0, 0.1) is 0 Å². The molecule has 0 saturated heterocycles. The molecule has 0 radical (unpaired) electrons. The van der Waals surface area contributed by atoms with Crippen LogP contribution in [0.1, 0.15) is 46.1 Å². The summed E-state index contributed by atoms with van der Waals surface area (Å²) in [4.78, 5) is 16.4. The predicted octanol–water partition coefficient (Wildman–Crippen LogP) is 4.19. The van der Waals surface area contributed by atoms with Gasteiger partial charge in [0.05, 0.1) is 13.2 Å². The van der Waals surface area contributed by atoms with Gasteiger partial charge in [0.25, 0.3) is 0 Å². The van der Waals surface area contributed by atoms with Crippen LogP contribution in [0.15, 0.2) is 29.3 Å². The molecule has 1 amide bonds. The molecule has 0 aliphatic heterocycles. The molecule has 184 valence electrons. The summed E-state index contributed by atoms with van der Waals surface area (Å²) in [5.41, 5.74) is 1.37. The van der Waals surface area contributed by atoms with Crippen molar-refractivity contribution in [1.82, 2.24) is 10.6 Å². The third kappa shape index (κ3) is 16.1. The number of nitrogens with one attached hydrogen (secondary N) is 3. The van der Waals surface area contributed by atoms with Crippen molar-refractivity contribution >= 4 is 41.7 Å². The van der Waals surface area contributed by atoms with Crippen LogP contribution < -0.4 is 16.0 Å². The Morgan fingerprint density at radius 2 is 1.75 bits per heavy atom. The number of hydrogen-bond acceptors (Lipinski definition) is 5. The summed E-state index contributed by atoms with van der Waals surface area (Å²) in [7, 11) is 1.67. The second-order valence-corrected chi connectivity index (χ2v) is 8.07. The zero-order valence-electron chi connectivity index (χ0n) is 20.2. The van der Waals surface area contributed by atoms with Crippen LogP contribution in [0.25, 0.3) is 0 Å². The maximum absolute atomic E-state index is 11.8. The first-order valence-corrected chi connectivity index (χ1v) is 11.0. The van der Waals surface area contributed by atoms with E-state index in [1.54, 1.807) is 7.11 Å². The predicted molar refractivity (Wildman–Crippen MR) is 141 cm³/mol. The number of carbonyl (C=O) groups is 1. The van der Waals surface area contributed by atoms with E-state index in [9.17, 15) is 4.79 Å². The van der Waals surface area contributed by atoms with Gasteiger partial charge in [0, 0.05) is 39.0 Å². The number of benzene rings is 1. The molecule has 0 heterocycles. The number of halogens is 1. The molecule has 1 rings (SSSR count). The lowest BCUT2D eigenvalue weighted by molar-refractivity contribution is 0.0636. The van der Waals surface area contributed by atoms with Gasteiger partial charge >= 0.3 is 6.09 Å². The van der Waals surface area contributed by atoms with Crippen molar-refractivity contribution in [2.24, 2.45) is 4.99 Å². The molecule has 0 aromatic heterocycles. The standard InChI is InChI=1S/C23H40N4O4.HI/c1-6-24-21(25-14-7-8-16-30-18-17-29-5)26-15-13-19-9-11-20(12-10-19)27-22(28)31-23(2,3)4;/h9-12H,6-8,13-18H2,1-5H3,(H,27,28)(H2,24,25,26);1H. The molecule has 0 bridgehead atoms. The van der Waals surface area contributed by atoms with Crippen LogP contribution in [-0.2, 0) is 20.6 Å². The van der Waals surface area contributed by atoms with Gasteiger partial charge in [0.15, 0.2) is 5.96 Å². The van der Waals surface area contributed by atoms with Gasteiger partial charge in [-0.2, -0.15) is 0 Å². The molecular weight excluding hydrogens is 523 g/mol.